The van der Waals surface area contributed by atoms with E-state index in [2.05, 4.69) is 10.9 Å². The van der Waals surface area contributed by atoms with Gasteiger partial charge in [-0.2, -0.15) is 0 Å². The van der Waals surface area contributed by atoms with Crippen molar-refractivity contribution in [3.8, 4) is 0 Å². The molecule has 0 aromatic heterocycles. The Balaban J connectivity index is 2.05. The quantitative estimate of drug-likeness (QED) is 0.684. The fourth-order valence-electron chi connectivity index (χ4n) is 1.48. The van der Waals surface area contributed by atoms with Crippen LogP contribution in [0.2, 0.25) is 0 Å². The minimum atomic E-state index is 0.527. The largest absolute Gasteiger partial charge is 0.326 e. The van der Waals surface area contributed by atoms with Crippen molar-refractivity contribution in [3.63, 3.8) is 0 Å². The van der Waals surface area contributed by atoms with Gasteiger partial charge in [0.2, 0.25) is 0 Å². The van der Waals surface area contributed by atoms with Crippen molar-refractivity contribution in [1.82, 2.24) is 0 Å². The van der Waals surface area contributed by atoms with Gasteiger partial charge in [0.1, 0.15) is 0 Å². The lowest BCUT2D eigenvalue weighted by Crippen LogP contribution is -2.11. The summed E-state index contributed by atoms with van der Waals surface area (Å²) in [6, 6.07) is 17.9. The lowest BCUT2D eigenvalue weighted by atomic mass is 10.2. The van der Waals surface area contributed by atoms with Gasteiger partial charge >= 0.3 is 0 Å². The van der Waals surface area contributed by atoms with Crippen LogP contribution in [-0.2, 0) is 6.54 Å². The lowest BCUT2D eigenvalue weighted by Gasteiger charge is -2.12. The van der Waals surface area contributed by atoms with Gasteiger partial charge in [-0.25, -0.2) is 0 Å². The third-order valence-electron chi connectivity index (χ3n) is 2.35. The van der Waals surface area contributed by atoms with Crippen LogP contribution in [0.4, 0.5) is 11.4 Å². The molecule has 0 saturated carbocycles. The Morgan fingerprint density at radius 3 is 2.25 bits per heavy atom. The zero-order chi connectivity index (χ0) is 11.2. The molecule has 0 heterocycles. The molecule has 16 heavy (non-hydrogen) atoms. The minimum Gasteiger partial charge on any atom is -0.326 e. The molecule has 0 aliphatic rings. The van der Waals surface area contributed by atoms with Crippen LogP contribution in [0.5, 0.6) is 0 Å². The summed E-state index contributed by atoms with van der Waals surface area (Å²) in [6.45, 7) is 0.527. The maximum Gasteiger partial charge on any atom is 0.0584 e. The third-order valence-corrected chi connectivity index (χ3v) is 2.35. The molecular formula is C13H15N3. The summed E-state index contributed by atoms with van der Waals surface area (Å²) in [4.78, 5) is 0. The molecule has 3 nitrogen and oxygen atoms in total. The summed E-state index contributed by atoms with van der Waals surface area (Å²) >= 11 is 0. The van der Waals surface area contributed by atoms with Crippen LogP contribution in [0, 0.1) is 0 Å². The molecule has 0 radical (unpaired) electrons. The second-order valence-corrected chi connectivity index (χ2v) is 3.48. The molecule has 0 spiro atoms. The number of nitrogens with one attached hydrogen (secondary N) is 2. The number of rotatable bonds is 4. The van der Waals surface area contributed by atoms with E-state index in [9.17, 15) is 0 Å². The first-order chi connectivity index (χ1) is 7.90. The van der Waals surface area contributed by atoms with Gasteiger partial charge < -0.3 is 16.6 Å². The number of benzene rings is 2. The normalized spacial score (nSPS) is 9.81. The summed E-state index contributed by atoms with van der Waals surface area (Å²) in [5.41, 5.74) is 15.1. The number of anilines is 2. The van der Waals surface area contributed by atoms with E-state index in [4.69, 9.17) is 5.73 Å². The highest BCUT2D eigenvalue weighted by Crippen LogP contribution is 2.14. The molecule has 0 fully saturated rings. The van der Waals surface area contributed by atoms with Gasteiger partial charge in [0.15, 0.2) is 0 Å². The molecule has 0 aliphatic heterocycles. The van der Waals surface area contributed by atoms with E-state index in [0.717, 1.165) is 16.9 Å². The first-order valence-electron chi connectivity index (χ1n) is 5.25. The molecule has 4 N–H and O–H groups in total. The highest BCUT2D eigenvalue weighted by Gasteiger charge is 1.97. The smallest absolute Gasteiger partial charge is 0.0584 e. The number of hydrogen-bond acceptors (Lipinski definition) is 3. The Morgan fingerprint density at radius 2 is 1.50 bits per heavy atom. The topological polar surface area (TPSA) is 50.1 Å². The molecule has 0 aliphatic carbocycles. The summed E-state index contributed by atoms with van der Waals surface area (Å²) < 4.78 is 0. The molecule has 2 aromatic rings. The van der Waals surface area contributed by atoms with Crippen molar-refractivity contribution < 1.29 is 0 Å². The monoisotopic (exact) mass is 213 g/mol. The number of para-hydroxylation sites is 2. The van der Waals surface area contributed by atoms with E-state index in [1.54, 1.807) is 0 Å². The zero-order valence-corrected chi connectivity index (χ0v) is 8.98. The van der Waals surface area contributed by atoms with Gasteiger partial charge in [0.05, 0.1) is 11.4 Å². The molecule has 2 aromatic carbocycles. The number of hydrazine groups is 1. The van der Waals surface area contributed by atoms with Crippen molar-refractivity contribution in [3.05, 3.63) is 60.2 Å². The number of hydrogen-bond donors (Lipinski definition) is 3. The predicted molar refractivity (Wildman–Crippen MR) is 68.0 cm³/mol. The summed E-state index contributed by atoms with van der Waals surface area (Å²) in [5, 5.41) is 0. The first kappa shape index (κ1) is 10.5. The second-order valence-electron chi connectivity index (χ2n) is 3.48. The Hall–Kier alpha value is -2.00. The first-order valence-corrected chi connectivity index (χ1v) is 5.25. The average Bonchev–Trinajstić information content (AvgIpc) is 2.38. The van der Waals surface area contributed by atoms with E-state index in [1.807, 2.05) is 54.6 Å². The van der Waals surface area contributed by atoms with E-state index in [0.29, 0.717) is 6.54 Å². The van der Waals surface area contributed by atoms with Crippen molar-refractivity contribution in [2.75, 3.05) is 10.9 Å². The van der Waals surface area contributed by atoms with Crippen LogP contribution >= 0.6 is 0 Å². The van der Waals surface area contributed by atoms with E-state index in [-0.39, 0.29) is 0 Å². The SMILES string of the molecule is NCc1ccccc1NNc1ccccc1. The molecule has 3 heteroatoms. The van der Waals surface area contributed by atoms with Crippen LogP contribution in [0.1, 0.15) is 5.56 Å². The van der Waals surface area contributed by atoms with Crippen molar-refractivity contribution in [2.45, 2.75) is 6.54 Å². The maximum absolute atomic E-state index is 5.65. The average molecular weight is 213 g/mol. The summed E-state index contributed by atoms with van der Waals surface area (Å²) in [6.07, 6.45) is 0. The van der Waals surface area contributed by atoms with Crippen molar-refractivity contribution in [2.24, 2.45) is 5.73 Å². The van der Waals surface area contributed by atoms with E-state index >= 15 is 0 Å². The van der Waals surface area contributed by atoms with Gasteiger partial charge in [-0.3, -0.25) is 0 Å². The van der Waals surface area contributed by atoms with Crippen LogP contribution in [-0.4, -0.2) is 0 Å². The standard InChI is InChI=1S/C13H15N3/c14-10-11-6-4-5-9-13(11)16-15-12-7-2-1-3-8-12/h1-9,15-16H,10,14H2. The molecule has 0 atom stereocenters. The summed E-state index contributed by atoms with van der Waals surface area (Å²) in [5.74, 6) is 0. The molecule has 82 valence electrons. The van der Waals surface area contributed by atoms with Gasteiger partial charge in [-0.1, -0.05) is 36.4 Å². The fourth-order valence-corrected chi connectivity index (χ4v) is 1.48. The van der Waals surface area contributed by atoms with Crippen LogP contribution < -0.4 is 16.6 Å². The van der Waals surface area contributed by atoms with E-state index in [1.165, 1.54) is 0 Å². The Kier molecular flexibility index (Phi) is 3.41. The predicted octanol–water partition coefficient (Wildman–Crippen LogP) is 2.58. The molecule has 0 bridgehead atoms. The van der Waals surface area contributed by atoms with Gasteiger partial charge in [0, 0.05) is 6.54 Å². The van der Waals surface area contributed by atoms with Crippen LogP contribution in [0.3, 0.4) is 0 Å². The molecule has 0 unspecified atom stereocenters. The van der Waals surface area contributed by atoms with E-state index < -0.39 is 0 Å². The second kappa shape index (κ2) is 5.19. The highest BCUT2D eigenvalue weighted by atomic mass is 15.4. The van der Waals surface area contributed by atoms with Gasteiger partial charge in [-0.15, -0.1) is 0 Å². The Morgan fingerprint density at radius 1 is 0.812 bits per heavy atom. The van der Waals surface area contributed by atoms with Gasteiger partial charge in [0.25, 0.3) is 0 Å². The molecular weight excluding hydrogens is 198 g/mol. The fraction of sp³-hybridized carbons (Fsp3) is 0.0769. The highest BCUT2D eigenvalue weighted by molar-refractivity contribution is 5.56. The Labute approximate surface area is 95.3 Å². The Bertz CT molecular complexity index is 440. The minimum absolute atomic E-state index is 0.527. The lowest BCUT2D eigenvalue weighted by molar-refractivity contribution is 1.07. The third kappa shape index (κ3) is 2.52. The molecule has 0 amide bonds. The van der Waals surface area contributed by atoms with Gasteiger partial charge in [-0.05, 0) is 23.8 Å². The zero-order valence-electron chi connectivity index (χ0n) is 8.98. The van der Waals surface area contributed by atoms with Crippen molar-refractivity contribution in [1.29, 1.82) is 0 Å². The maximum atomic E-state index is 5.65. The molecule has 0 saturated heterocycles. The number of nitrogens with two attached hydrogens (primary N) is 1. The summed E-state index contributed by atoms with van der Waals surface area (Å²) in [7, 11) is 0. The van der Waals surface area contributed by atoms with Crippen molar-refractivity contribution >= 4 is 11.4 Å². The van der Waals surface area contributed by atoms with Crippen LogP contribution in [0.15, 0.2) is 54.6 Å². The van der Waals surface area contributed by atoms with Crippen LogP contribution in [0.25, 0.3) is 0 Å². The molecule has 2 rings (SSSR count).